The zero-order chi connectivity index (χ0) is 24.2. The van der Waals surface area contributed by atoms with Gasteiger partial charge in [-0.25, -0.2) is 22.7 Å². The highest BCUT2D eigenvalue weighted by Gasteiger charge is 2.26. The maximum Gasteiger partial charge on any atom is 0.354 e. The van der Waals surface area contributed by atoms with Crippen molar-refractivity contribution in [1.82, 2.24) is 14.3 Å². The molecular weight excluding hydrogens is 487 g/mol. The molecule has 0 bridgehead atoms. The molecule has 1 aromatic rings. The molecule has 2 N–H and O–H groups in total. The molecule has 8 nitrogen and oxygen atoms in total. The third kappa shape index (κ3) is 5.92. The average molecular weight is 513 g/mol. The Morgan fingerprint density at radius 1 is 1.15 bits per heavy atom. The highest BCUT2D eigenvalue weighted by Crippen LogP contribution is 2.38. The molecule has 0 fully saturated rings. The molecule has 0 aliphatic carbocycles. The molecule has 2 amide bonds. The first kappa shape index (κ1) is 25.2. The summed E-state index contributed by atoms with van der Waals surface area (Å²) in [6.07, 6.45) is 2.06. The Kier molecular flexibility index (Phi) is 8.14. The SMILES string of the molecule is Cc1ccc(S(=O)(=O)NC(=O)Nc2nc(=O)n3c(C)c(C)sc(SCCCCCF)c2-3)cc1. The number of carbonyl (C=O) groups excluding carboxylic acids is 1. The summed E-state index contributed by atoms with van der Waals surface area (Å²) in [6.45, 7) is 5.14. The van der Waals surface area contributed by atoms with Crippen molar-refractivity contribution < 1.29 is 17.6 Å². The average Bonchev–Trinajstić information content (AvgIpc) is 3.07. The monoisotopic (exact) mass is 512 g/mol. The van der Waals surface area contributed by atoms with Gasteiger partial charge in [-0.3, -0.25) is 14.3 Å². The summed E-state index contributed by atoms with van der Waals surface area (Å²) in [4.78, 5) is 29.9. The highest BCUT2D eigenvalue weighted by molar-refractivity contribution is 8.01. The van der Waals surface area contributed by atoms with Gasteiger partial charge in [0.2, 0.25) is 0 Å². The van der Waals surface area contributed by atoms with Crippen LogP contribution in [0.4, 0.5) is 15.0 Å². The number of nitrogens with one attached hydrogen (secondary N) is 2. The van der Waals surface area contributed by atoms with E-state index in [-0.39, 0.29) is 17.4 Å². The number of urea groups is 1. The summed E-state index contributed by atoms with van der Waals surface area (Å²) in [5, 5.41) is 2.42. The molecule has 0 saturated heterocycles. The molecule has 2 aliphatic rings. The molecule has 0 atom stereocenters. The standard InChI is InChI=1S/C21H25FN4O4S3/c1-13-7-9-16(10-8-13)33(29,30)25-20(27)23-18-17-19(31-12-6-4-5-11-22)32-15(3)14(2)26(17)21(28)24-18/h7-10H,4-6,11-12H2,1-3H3,(H2,23,24,25,27,28). The number of sulfonamides is 1. The van der Waals surface area contributed by atoms with Gasteiger partial charge < -0.3 is 0 Å². The van der Waals surface area contributed by atoms with Crippen molar-refractivity contribution in [3.63, 3.8) is 0 Å². The Bertz CT molecular complexity index is 1270. The van der Waals surface area contributed by atoms with Gasteiger partial charge in [0.05, 0.1) is 15.8 Å². The number of amides is 2. The number of thioether (sulfide) groups is 1. The minimum absolute atomic E-state index is 0.0118. The number of nitrogens with zero attached hydrogens (tertiary/aromatic N) is 2. The Hall–Kier alpha value is -2.44. The van der Waals surface area contributed by atoms with E-state index >= 15 is 0 Å². The molecule has 178 valence electrons. The van der Waals surface area contributed by atoms with Crippen molar-refractivity contribution in [2.75, 3.05) is 17.7 Å². The lowest BCUT2D eigenvalue weighted by molar-refractivity contribution is 0.256. The fraction of sp³-hybridized carbons (Fsp3) is 0.381. The van der Waals surface area contributed by atoms with Crippen molar-refractivity contribution in [2.45, 2.75) is 49.1 Å². The van der Waals surface area contributed by atoms with Crippen LogP contribution in [0.5, 0.6) is 0 Å². The molecule has 0 spiro atoms. The number of anilines is 1. The second-order valence-corrected chi connectivity index (χ2v) is 11.7. The summed E-state index contributed by atoms with van der Waals surface area (Å²) in [6, 6.07) is 5.04. The first-order valence-electron chi connectivity index (χ1n) is 10.3. The zero-order valence-electron chi connectivity index (χ0n) is 18.5. The lowest BCUT2D eigenvalue weighted by atomic mass is 10.2. The lowest BCUT2D eigenvalue weighted by Gasteiger charge is -2.15. The van der Waals surface area contributed by atoms with E-state index in [0.29, 0.717) is 23.6 Å². The van der Waals surface area contributed by atoms with E-state index in [9.17, 15) is 22.4 Å². The van der Waals surface area contributed by atoms with Crippen LogP contribution >= 0.6 is 23.1 Å². The molecule has 3 rings (SSSR count). The number of aromatic nitrogens is 2. The molecule has 0 saturated carbocycles. The number of aryl methyl sites for hydroxylation is 2. The topological polar surface area (TPSA) is 110 Å². The van der Waals surface area contributed by atoms with E-state index < -0.39 is 21.7 Å². The van der Waals surface area contributed by atoms with E-state index in [1.165, 1.54) is 39.8 Å². The summed E-state index contributed by atoms with van der Waals surface area (Å²) in [7, 11) is -4.10. The van der Waals surface area contributed by atoms with Gasteiger partial charge >= 0.3 is 11.7 Å². The van der Waals surface area contributed by atoms with Crippen LogP contribution in [0, 0.1) is 20.8 Å². The molecule has 33 heavy (non-hydrogen) atoms. The number of imidazole rings is 1. The number of unbranched alkanes of at least 4 members (excludes halogenated alkanes) is 2. The quantitative estimate of drug-likeness (QED) is 0.325. The number of halogens is 1. The molecule has 0 aromatic heterocycles. The van der Waals surface area contributed by atoms with Gasteiger partial charge in [0.25, 0.3) is 10.0 Å². The van der Waals surface area contributed by atoms with E-state index in [1.807, 2.05) is 18.6 Å². The zero-order valence-corrected chi connectivity index (χ0v) is 20.9. The predicted molar refractivity (Wildman–Crippen MR) is 129 cm³/mol. The van der Waals surface area contributed by atoms with Crippen molar-refractivity contribution >= 4 is 45.0 Å². The molecule has 2 aliphatic heterocycles. The van der Waals surface area contributed by atoms with Crippen molar-refractivity contribution in [1.29, 1.82) is 0 Å². The van der Waals surface area contributed by atoms with Gasteiger partial charge in [0, 0.05) is 10.6 Å². The third-order valence-electron chi connectivity index (χ3n) is 4.93. The first-order valence-corrected chi connectivity index (χ1v) is 13.5. The normalized spacial score (nSPS) is 11.6. The Balaban J connectivity index is 1.85. The van der Waals surface area contributed by atoms with Gasteiger partial charge in [-0.05, 0) is 51.5 Å². The van der Waals surface area contributed by atoms with Crippen LogP contribution in [0.15, 0.2) is 38.2 Å². The number of rotatable bonds is 9. The molecule has 0 radical (unpaired) electrons. The maximum absolute atomic E-state index is 12.6. The van der Waals surface area contributed by atoms with E-state index in [4.69, 9.17) is 0 Å². The van der Waals surface area contributed by atoms with Crippen molar-refractivity contribution in [2.24, 2.45) is 0 Å². The van der Waals surface area contributed by atoms with Crippen LogP contribution < -0.4 is 15.7 Å². The van der Waals surface area contributed by atoms with Gasteiger partial charge in [-0.2, -0.15) is 4.98 Å². The van der Waals surface area contributed by atoms with Crippen LogP contribution in [0.3, 0.4) is 0 Å². The van der Waals surface area contributed by atoms with E-state index in [2.05, 4.69) is 10.3 Å². The van der Waals surface area contributed by atoms with Gasteiger partial charge in [0.1, 0.15) is 5.69 Å². The maximum atomic E-state index is 12.6. The number of hydrogen-bond acceptors (Lipinski definition) is 7. The van der Waals surface area contributed by atoms with Crippen molar-refractivity contribution in [3.05, 3.63) is 50.9 Å². The number of hydrogen-bond donors (Lipinski definition) is 2. The molecule has 1 aromatic carbocycles. The largest absolute Gasteiger partial charge is 0.354 e. The summed E-state index contributed by atoms with van der Waals surface area (Å²) < 4.78 is 41.5. The Morgan fingerprint density at radius 3 is 2.52 bits per heavy atom. The highest BCUT2D eigenvalue weighted by atomic mass is 32.2. The number of fused-ring (bicyclic) bond motifs is 1. The van der Waals surface area contributed by atoms with Crippen LogP contribution in [0.2, 0.25) is 0 Å². The molecule has 2 heterocycles. The first-order chi connectivity index (χ1) is 15.6. The minimum Gasteiger partial charge on any atom is -0.290 e. The predicted octanol–water partition coefficient (Wildman–Crippen LogP) is 4.40. The minimum atomic E-state index is -4.10. The second kappa shape index (κ2) is 10.7. The van der Waals surface area contributed by atoms with E-state index in [0.717, 1.165) is 27.5 Å². The van der Waals surface area contributed by atoms with E-state index in [1.54, 1.807) is 19.1 Å². The van der Waals surface area contributed by atoms with Crippen LogP contribution in [-0.4, -0.2) is 36.4 Å². The fourth-order valence-electron chi connectivity index (χ4n) is 3.07. The fourth-order valence-corrected chi connectivity index (χ4v) is 6.50. The van der Waals surface area contributed by atoms with Crippen LogP contribution in [0.25, 0.3) is 5.69 Å². The van der Waals surface area contributed by atoms with Crippen LogP contribution in [0.1, 0.15) is 35.4 Å². The Labute approximate surface area is 200 Å². The number of carbonyl (C=O) groups is 1. The van der Waals surface area contributed by atoms with Crippen molar-refractivity contribution in [3.8, 4) is 5.69 Å². The molecule has 0 unspecified atom stereocenters. The smallest absolute Gasteiger partial charge is 0.290 e. The summed E-state index contributed by atoms with van der Waals surface area (Å²) in [5.41, 5.74) is 1.43. The number of benzene rings is 1. The third-order valence-corrected chi connectivity index (χ3v) is 8.81. The molecular formula is C21H25FN4O4S3. The van der Waals surface area contributed by atoms with Gasteiger partial charge in [-0.1, -0.05) is 24.1 Å². The van der Waals surface area contributed by atoms with Gasteiger partial charge in [-0.15, -0.1) is 23.1 Å². The summed E-state index contributed by atoms with van der Waals surface area (Å²) >= 11 is 2.96. The van der Waals surface area contributed by atoms with Crippen LogP contribution in [-0.2, 0) is 10.0 Å². The number of alkyl halides is 1. The summed E-state index contributed by atoms with van der Waals surface area (Å²) in [5.74, 6) is 0.698. The van der Waals surface area contributed by atoms with Gasteiger partial charge in [0.15, 0.2) is 5.82 Å². The second-order valence-electron chi connectivity index (χ2n) is 7.43. The Morgan fingerprint density at radius 2 is 1.85 bits per heavy atom. The molecule has 12 heteroatoms. The lowest BCUT2D eigenvalue weighted by Crippen LogP contribution is -2.34.